The van der Waals surface area contributed by atoms with E-state index in [0.717, 1.165) is 31.9 Å². The molecule has 2 amide bonds. The third-order valence-corrected chi connectivity index (χ3v) is 10.3. The van der Waals surface area contributed by atoms with Crippen molar-refractivity contribution in [2.45, 2.75) is 70.0 Å². The Kier molecular flexibility index (Phi) is 12.2. The Bertz CT molecular complexity index is 1700. The first-order valence-corrected chi connectivity index (χ1v) is 17.8. The molecular weight excluding hydrogens is 662 g/mol. The molecule has 0 heterocycles. The van der Waals surface area contributed by atoms with Crippen LogP contribution in [0.4, 0.5) is 5.69 Å². The molecule has 4 rings (SSSR count). The molecule has 0 fully saturated rings. The van der Waals surface area contributed by atoms with Crippen molar-refractivity contribution in [1.29, 1.82) is 0 Å². The summed E-state index contributed by atoms with van der Waals surface area (Å²) in [5.74, 6) is -0.536. The van der Waals surface area contributed by atoms with Crippen molar-refractivity contribution in [3.63, 3.8) is 0 Å². The maximum absolute atomic E-state index is 14.6. The number of halogens is 1. The van der Waals surface area contributed by atoms with Crippen LogP contribution >= 0.6 is 15.9 Å². The third kappa shape index (κ3) is 9.07. The van der Waals surface area contributed by atoms with Gasteiger partial charge in [0.2, 0.25) is 11.8 Å². The first kappa shape index (κ1) is 34.9. The molecule has 4 aromatic carbocycles. The highest BCUT2D eigenvalue weighted by Gasteiger charge is 2.35. The largest absolute Gasteiger partial charge is 0.352 e. The van der Waals surface area contributed by atoms with E-state index in [4.69, 9.17) is 0 Å². The van der Waals surface area contributed by atoms with Crippen LogP contribution in [0.2, 0.25) is 0 Å². The van der Waals surface area contributed by atoms with Crippen LogP contribution in [0.15, 0.2) is 119 Å². The van der Waals surface area contributed by atoms with Gasteiger partial charge in [0, 0.05) is 23.5 Å². The molecule has 0 saturated heterocycles. The molecule has 0 aromatic heterocycles. The molecule has 0 unspecified atom stereocenters. The summed E-state index contributed by atoms with van der Waals surface area (Å²) in [5.41, 5.74) is 3.11. The lowest BCUT2D eigenvalue weighted by atomic mass is 10.0. The minimum atomic E-state index is -4.15. The summed E-state index contributed by atoms with van der Waals surface area (Å²) in [4.78, 5) is 30.1. The van der Waals surface area contributed by atoms with Gasteiger partial charge in [0.25, 0.3) is 10.0 Å². The third-order valence-electron chi connectivity index (χ3n) is 7.97. The molecule has 46 heavy (non-hydrogen) atoms. The Morgan fingerprint density at radius 3 is 2.00 bits per heavy atom. The van der Waals surface area contributed by atoms with Crippen LogP contribution in [-0.2, 0) is 32.6 Å². The summed E-state index contributed by atoms with van der Waals surface area (Å²) in [6, 6.07) is 31.4. The highest BCUT2D eigenvalue weighted by Crippen LogP contribution is 2.27. The van der Waals surface area contributed by atoms with E-state index in [1.165, 1.54) is 17.0 Å². The van der Waals surface area contributed by atoms with Crippen molar-refractivity contribution in [2.75, 3.05) is 10.8 Å². The van der Waals surface area contributed by atoms with Crippen LogP contribution < -0.4 is 9.62 Å². The molecule has 0 aliphatic heterocycles. The topological polar surface area (TPSA) is 86.8 Å². The normalized spacial score (nSPS) is 12.7. The summed E-state index contributed by atoms with van der Waals surface area (Å²) >= 11 is 3.52. The highest BCUT2D eigenvalue weighted by molar-refractivity contribution is 9.10. The molecule has 242 valence electrons. The Labute approximate surface area is 281 Å². The van der Waals surface area contributed by atoms with Crippen molar-refractivity contribution in [3.8, 4) is 0 Å². The Morgan fingerprint density at radius 1 is 0.804 bits per heavy atom. The van der Waals surface area contributed by atoms with Gasteiger partial charge >= 0.3 is 0 Å². The highest BCUT2D eigenvalue weighted by atomic mass is 79.9. The first-order valence-electron chi connectivity index (χ1n) is 15.6. The summed E-state index contributed by atoms with van der Waals surface area (Å²) in [7, 11) is -4.15. The van der Waals surface area contributed by atoms with Gasteiger partial charge in [0.1, 0.15) is 12.6 Å². The maximum atomic E-state index is 14.6. The average molecular weight is 705 g/mol. The fourth-order valence-electron chi connectivity index (χ4n) is 5.10. The van der Waals surface area contributed by atoms with Gasteiger partial charge in [-0.25, -0.2) is 8.42 Å². The number of sulfonamides is 1. The van der Waals surface area contributed by atoms with E-state index >= 15 is 0 Å². The van der Waals surface area contributed by atoms with Gasteiger partial charge in [0.15, 0.2) is 0 Å². The van der Waals surface area contributed by atoms with E-state index < -0.39 is 28.5 Å². The zero-order valence-corrected chi connectivity index (χ0v) is 29.2. The lowest BCUT2D eigenvalue weighted by Crippen LogP contribution is -2.54. The van der Waals surface area contributed by atoms with E-state index in [2.05, 4.69) is 35.1 Å². The van der Waals surface area contributed by atoms with Gasteiger partial charge in [-0.3, -0.25) is 13.9 Å². The van der Waals surface area contributed by atoms with Crippen LogP contribution in [0.1, 0.15) is 56.7 Å². The van der Waals surface area contributed by atoms with Gasteiger partial charge in [0.05, 0.1) is 10.6 Å². The Morgan fingerprint density at radius 2 is 1.41 bits per heavy atom. The van der Waals surface area contributed by atoms with E-state index in [1.54, 1.807) is 30.3 Å². The summed E-state index contributed by atoms with van der Waals surface area (Å²) in [6.07, 6.45) is 0.982. The van der Waals surface area contributed by atoms with Crippen molar-refractivity contribution in [2.24, 2.45) is 0 Å². The Balaban J connectivity index is 1.81. The monoisotopic (exact) mass is 703 g/mol. The quantitative estimate of drug-likeness (QED) is 0.149. The number of amides is 2. The van der Waals surface area contributed by atoms with Crippen molar-refractivity contribution >= 4 is 43.5 Å². The number of benzene rings is 4. The zero-order valence-electron chi connectivity index (χ0n) is 26.8. The zero-order chi connectivity index (χ0) is 33.3. The van der Waals surface area contributed by atoms with Crippen molar-refractivity contribution in [3.05, 3.63) is 130 Å². The van der Waals surface area contributed by atoms with Crippen LogP contribution in [0, 0.1) is 0 Å². The van der Waals surface area contributed by atoms with E-state index in [0.29, 0.717) is 5.69 Å². The molecule has 0 aliphatic carbocycles. The second kappa shape index (κ2) is 16.1. The first-order chi connectivity index (χ1) is 22.0. The predicted molar refractivity (Wildman–Crippen MR) is 188 cm³/mol. The molecule has 0 bridgehead atoms. The predicted octanol–water partition coefficient (Wildman–Crippen LogP) is 7.32. The standard InChI is InChI=1S/C37H42BrN3O4S/c1-5-28(4)39-37(43)35(24-29-13-8-6-9-14-29)40(25-30-15-12-16-32(38)23-30)36(42)26-41(33-21-19-31(20-22-33)27(2)3)46(44,45)34-17-10-7-11-18-34/h6-23,27-28,35H,5,24-26H2,1-4H3,(H,39,43)/t28-,35+/m1/s1. The maximum Gasteiger partial charge on any atom is 0.264 e. The van der Waals surface area contributed by atoms with E-state index in [1.807, 2.05) is 80.6 Å². The van der Waals surface area contributed by atoms with Crippen LogP contribution in [0.25, 0.3) is 0 Å². The minimum absolute atomic E-state index is 0.0737. The van der Waals surface area contributed by atoms with Crippen LogP contribution in [0.3, 0.4) is 0 Å². The summed E-state index contributed by atoms with van der Waals surface area (Å²) in [5, 5.41) is 3.07. The molecule has 0 aliphatic rings. The van der Waals surface area contributed by atoms with Gasteiger partial charge in [-0.15, -0.1) is 0 Å². The summed E-state index contributed by atoms with van der Waals surface area (Å²) < 4.78 is 30.3. The Hall–Kier alpha value is -3.95. The average Bonchev–Trinajstić information content (AvgIpc) is 3.05. The molecule has 0 radical (unpaired) electrons. The van der Waals surface area contributed by atoms with Gasteiger partial charge < -0.3 is 10.2 Å². The lowest BCUT2D eigenvalue weighted by molar-refractivity contribution is -0.140. The van der Waals surface area contributed by atoms with E-state index in [-0.39, 0.29) is 35.7 Å². The van der Waals surface area contributed by atoms with Gasteiger partial charge in [-0.1, -0.05) is 109 Å². The minimum Gasteiger partial charge on any atom is -0.352 e. The SMILES string of the molecule is CC[C@@H](C)NC(=O)[C@H](Cc1ccccc1)N(Cc1cccc(Br)c1)C(=O)CN(c1ccc(C(C)C)cc1)S(=O)(=O)c1ccccc1. The number of hydrogen-bond donors (Lipinski definition) is 1. The fourth-order valence-corrected chi connectivity index (χ4v) is 6.98. The van der Waals surface area contributed by atoms with Gasteiger partial charge in [-0.2, -0.15) is 0 Å². The number of anilines is 1. The van der Waals surface area contributed by atoms with Gasteiger partial charge in [-0.05, 0) is 72.4 Å². The molecule has 1 N–H and O–H groups in total. The molecular formula is C37H42BrN3O4S. The summed E-state index contributed by atoms with van der Waals surface area (Å²) in [6.45, 7) is 7.65. The van der Waals surface area contributed by atoms with Crippen molar-refractivity contribution in [1.82, 2.24) is 10.2 Å². The number of nitrogens with zero attached hydrogens (tertiary/aromatic N) is 2. The lowest BCUT2D eigenvalue weighted by Gasteiger charge is -2.34. The molecule has 0 saturated carbocycles. The molecule has 0 spiro atoms. The number of carbonyl (C=O) groups is 2. The number of nitrogens with one attached hydrogen (secondary N) is 1. The molecule has 2 atom stereocenters. The number of rotatable bonds is 14. The van der Waals surface area contributed by atoms with E-state index in [9.17, 15) is 18.0 Å². The van der Waals surface area contributed by atoms with Crippen molar-refractivity contribution < 1.29 is 18.0 Å². The number of carbonyl (C=O) groups excluding carboxylic acids is 2. The molecule has 7 nitrogen and oxygen atoms in total. The smallest absolute Gasteiger partial charge is 0.264 e. The fraction of sp³-hybridized carbons (Fsp3) is 0.297. The second-order valence-corrected chi connectivity index (χ2v) is 14.5. The van der Waals surface area contributed by atoms with Crippen LogP contribution in [0.5, 0.6) is 0 Å². The number of hydrogen-bond acceptors (Lipinski definition) is 4. The molecule has 9 heteroatoms. The second-order valence-electron chi connectivity index (χ2n) is 11.7. The van der Waals surface area contributed by atoms with Crippen LogP contribution in [-0.4, -0.2) is 43.8 Å². The molecule has 4 aromatic rings.